The molecule has 3 aromatic rings. The van der Waals surface area contributed by atoms with Crippen molar-refractivity contribution in [2.45, 2.75) is 0 Å². The Labute approximate surface area is 156 Å². The molecule has 0 saturated carbocycles. The van der Waals surface area contributed by atoms with Crippen molar-refractivity contribution in [3.63, 3.8) is 0 Å². The minimum atomic E-state index is 0.928. The van der Waals surface area contributed by atoms with Crippen molar-refractivity contribution < 1.29 is 0 Å². The van der Waals surface area contributed by atoms with Gasteiger partial charge < -0.3 is 14.9 Å². The molecule has 132 valence electrons. The van der Waals surface area contributed by atoms with Crippen LogP contribution >= 0.6 is 0 Å². The van der Waals surface area contributed by atoms with Crippen molar-refractivity contribution in [1.29, 1.82) is 0 Å². The fourth-order valence-electron chi connectivity index (χ4n) is 3.37. The predicted molar refractivity (Wildman–Crippen MR) is 113 cm³/mol. The van der Waals surface area contributed by atoms with Gasteiger partial charge >= 0.3 is 0 Å². The zero-order chi connectivity index (χ0) is 18.4. The molecule has 2 aliphatic heterocycles. The molecule has 8 bridgehead atoms. The Morgan fingerprint density at radius 3 is 1.70 bits per heavy atom. The van der Waals surface area contributed by atoms with Crippen LogP contribution in [0.5, 0.6) is 0 Å². The second-order valence-corrected chi connectivity index (χ2v) is 6.95. The van der Waals surface area contributed by atoms with Crippen LogP contribution in [0.3, 0.4) is 0 Å². The highest BCUT2D eigenvalue weighted by Crippen LogP contribution is 2.24. The number of aromatic nitrogens is 4. The summed E-state index contributed by atoms with van der Waals surface area (Å²) in [5.41, 5.74) is 8.93. The highest BCUT2D eigenvalue weighted by molar-refractivity contribution is 5.84. The maximum absolute atomic E-state index is 4.72. The summed E-state index contributed by atoms with van der Waals surface area (Å²) in [5, 5.41) is 0. The van der Waals surface area contributed by atoms with Gasteiger partial charge in [-0.1, -0.05) is 0 Å². The zero-order valence-corrected chi connectivity index (χ0v) is 15.2. The Morgan fingerprint density at radius 2 is 1.15 bits per heavy atom. The van der Waals surface area contributed by atoms with Crippen LogP contribution in [0, 0.1) is 0 Å². The maximum atomic E-state index is 4.72. The Kier molecular flexibility index (Phi) is 3.47. The van der Waals surface area contributed by atoms with Gasteiger partial charge in [-0.15, -0.1) is 0 Å². The summed E-state index contributed by atoms with van der Waals surface area (Å²) in [7, 11) is 4.09. The van der Waals surface area contributed by atoms with E-state index < -0.39 is 0 Å². The van der Waals surface area contributed by atoms with Crippen molar-refractivity contribution in [2.75, 3.05) is 19.0 Å². The third kappa shape index (κ3) is 3.04. The standard InChI is InChI=1S/C22H19N5/c1-27(2)22-13-20-11-18-6-5-16(24-18)9-14-3-4-15(23-14)10-17-7-8-19(25-17)12-21(22)26-20/h3-13,23,26H,1-2H3. The number of nitrogens with one attached hydrogen (secondary N) is 2. The van der Waals surface area contributed by atoms with E-state index in [0.717, 1.165) is 50.5 Å². The molecule has 2 N–H and O–H groups in total. The molecule has 5 rings (SSSR count). The quantitative estimate of drug-likeness (QED) is 0.458. The largest absolute Gasteiger partial charge is 0.376 e. The Morgan fingerprint density at radius 1 is 0.630 bits per heavy atom. The number of hydrogen-bond donors (Lipinski definition) is 2. The van der Waals surface area contributed by atoms with Gasteiger partial charge in [-0.2, -0.15) is 0 Å². The molecular formula is C22H19N5. The van der Waals surface area contributed by atoms with Crippen molar-refractivity contribution in [3.05, 3.63) is 65.2 Å². The second kappa shape index (κ2) is 5.99. The van der Waals surface area contributed by atoms with Crippen LogP contribution in [-0.4, -0.2) is 34.0 Å². The molecule has 0 spiro atoms. The first-order valence-corrected chi connectivity index (χ1v) is 8.88. The minimum absolute atomic E-state index is 0.928. The van der Waals surface area contributed by atoms with Gasteiger partial charge in [0.25, 0.3) is 0 Å². The Bertz CT molecular complexity index is 1250. The van der Waals surface area contributed by atoms with E-state index in [2.05, 4.69) is 45.2 Å². The normalized spacial score (nSPS) is 12.5. The average Bonchev–Trinajstić information content (AvgIpc) is 3.38. The van der Waals surface area contributed by atoms with Crippen LogP contribution in [0.2, 0.25) is 0 Å². The van der Waals surface area contributed by atoms with Crippen molar-refractivity contribution in [2.24, 2.45) is 0 Å². The van der Waals surface area contributed by atoms with E-state index in [-0.39, 0.29) is 0 Å². The molecule has 5 heterocycles. The van der Waals surface area contributed by atoms with Gasteiger partial charge in [0.1, 0.15) is 0 Å². The van der Waals surface area contributed by atoms with Gasteiger partial charge in [-0.05, 0) is 66.8 Å². The molecule has 5 nitrogen and oxygen atoms in total. The molecule has 5 heteroatoms. The molecule has 0 atom stereocenters. The van der Waals surface area contributed by atoms with Crippen LogP contribution < -0.4 is 4.90 Å². The van der Waals surface area contributed by atoms with Crippen LogP contribution in [-0.2, 0) is 0 Å². The number of anilines is 1. The summed E-state index contributed by atoms with van der Waals surface area (Å²) >= 11 is 0. The lowest BCUT2D eigenvalue weighted by Gasteiger charge is -2.09. The highest BCUT2D eigenvalue weighted by atomic mass is 15.1. The van der Waals surface area contributed by atoms with Crippen LogP contribution in [0.15, 0.2) is 42.5 Å². The summed E-state index contributed by atoms with van der Waals surface area (Å²) in [6.07, 6.45) is 8.13. The third-order valence-electron chi connectivity index (χ3n) is 4.63. The molecule has 27 heavy (non-hydrogen) atoms. The topological polar surface area (TPSA) is 60.6 Å². The van der Waals surface area contributed by atoms with E-state index in [4.69, 9.17) is 9.97 Å². The first-order chi connectivity index (χ1) is 13.1. The monoisotopic (exact) mass is 353 g/mol. The molecule has 0 aliphatic carbocycles. The van der Waals surface area contributed by atoms with Gasteiger partial charge in [0.05, 0.1) is 34.0 Å². The van der Waals surface area contributed by atoms with E-state index in [1.165, 1.54) is 0 Å². The van der Waals surface area contributed by atoms with Gasteiger partial charge in [-0.3, -0.25) is 0 Å². The fraction of sp³-hybridized carbons (Fsp3) is 0.0909. The number of rotatable bonds is 1. The lowest BCUT2D eigenvalue weighted by molar-refractivity contribution is 1.14. The molecule has 0 fully saturated rings. The summed E-state index contributed by atoms with van der Waals surface area (Å²) in [4.78, 5) is 18.4. The number of aromatic amines is 2. The lowest BCUT2D eigenvalue weighted by Crippen LogP contribution is -2.07. The maximum Gasteiger partial charge on any atom is 0.0659 e. The molecule has 2 aliphatic rings. The third-order valence-corrected chi connectivity index (χ3v) is 4.63. The lowest BCUT2D eigenvalue weighted by atomic mass is 10.3. The van der Waals surface area contributed by atoms with Gasteiger partial charge in [0.15, 0.2) is 0 Å². The molecule has 0 radical (unpaired) electrons. The summed E-state index contributed by atoms with van der Waals surface area (Å²) < 4.78 is 0. The number of hydrogen-bond acceptors (Lipinski definition) is 3. The van der Waals surface area contributed by atoms with Gasteiger partial charge in [0.2, 0.25) is 0 Å². The first-order valence-electron chi connectivity index (χ1n) is 8.88. The summed E-state index contributed by atoms with van der Waals surface area (Å²) in [6, 6.07) is 14.5. The van der Waals surface area contributed by atoms with Crippen molar-refractivity contribution >= 4 is 52.1 Å². The zero-order valence-electron chi connectivity index (χ0n) is 15.2. The highest BCUT2D eigenvalue weighted by Gasteiger charge is 2.06. The van der Waals surface area contributed by atoms with Crippen molar-refractivity contribution in [1.82, 2.24) is 19.9 Å². The Balaban J connectivity index is 1.86. The van der Waals surface area contributed by atoms with E-state index in [0.29, 0.717) is 0 Å². The number of H-pyrrole nitrogens is 2. The number of nitrogens with zero attached hydrogens (tertiary/aromatic N) is 3. The smallest absolute Gasteiger partial charge is 0.0659 e. The van der Waals surface area contributed by atoms with Gasteiger partial charge in [-0.25, -0.2) is 9.97 Å². The second-order valence-electron chi connectivity index (χ2n) is 6.95. The van der Waals surface area contributed by atoms with E-state index >= 15 is 0 Å². The van der Waals surface area contributed by atoms with E-state index in [1.54, 1.807) is 0 Å². The fourth-order valence-corrected chi connectivity index (χ4v) is 3.37. The van der Waals surface area contributed by atoms with Crippen LogP contribution in [0.4, 0.5) is 5.69 Å². The van der Waals surface area contributed by atoms with E-state index in [1.807, 2.05) is 50.5 Å². The van der Waals surface area contributed by atoms with Crippen LogP contribution in [0.25, 0.3) is 46.4 Å². The molecule has 3 aromatic heterocycles. The van der Waals surface area contributed by atoms with Crippen molar-refractivity contribution in [3.8, 4) is 0 Å². The van der Waals surface area contributed by atoms with E-state index in [9.17, 15) is 0 Å². The molecule has 0 saturated heterocycles. The van der Waals surface area contributed by atoms with Crippen LogP contribution in [0.1, 0.15) is 22.8 Å². The molecule has 0 unspecified atom stereocenters. The molecule has 0 aromatic carbocycles. The number of fused-ring (bicyclic) bond motifs is 8. The molecular weight excluding hydrogens is 334 g/mol. The Hall–Kier alpha value is -3.60. The average molecular weight is 353 g/mol. The SMILES string of the molecule is CN(C)c1cc2cc3nc(cc4ccc(cc5nc(cc1[nH]2)C=C5)[nH]4)C=C3. The first kappa shape index (κ1) is 15.6. The minimum Gasteiger partial charge on any atom is -0.376 e. The molecule has 0 amide bonds. The summed E-state index contributed by atoms with van der Waals surface area (Å²) in [6.45, 7) is 0. The summed E-state index contributed by atoms with van der Waals surface area (Å²) in [5.74, 6) is 0. The van der Waals surface area contributed by atoms with Gasteiger partial charge in [0, 0.05) is 30.6 Å². The predicted octanol–water partition coefficient (Wildman–Crippen LogP) is 4.72.